The van der Waals surface area contributed by atoms with Gasteiger partial charge in [0.1, 0.15) is 0 Å². The maximum atomic E-state index is 11.8. The minimum Gasteiger partial charge on any atom is -0.368 e. The molecule has 3 heterocycles. The van der Waals surface area contributed by atoms with Crippen molar-refractivity contribution in [1.82, 2.24) is 24.5 Å². The predicted octanol–water partition coefficient (Wildman–Crippen LogP) is 1.37. The summed E-state index contributed by atoms with van der Waals surface area (Å²) in [5.41, 5.74) is 8.34. The first-order chi connectivity index (χ1) is 12.2. The van der Waals surface area contributed by atoms with Gasteiger partial charge in [-0.3, -0.25) is 4.79 Å². The molecule has 25 heavy (non-hydrogen) atoms. The lowest BCUT2D eigenvalue weighted by atomic mass is 10.1. The average molecular weight is 333 g/mol. The first kappa shape index (κ1) is 15.1. The van der Waals surface area contributed by atoms with Crippen LogP contribution < -0.4 is 5.73 Å². The zero-order chi connectivity index (χ0) is 17.4. The van der Waals surface area contributed by atoms with Gasteiger partial charge in [0.05, 0.1) is 23.9 Å². The Bertz CT molecular complexity index is 1020. The lowest BCUT2D eigenvalue weighted by Crippen LogP contribution is -2.24. The number of fused-ring (bicyclic) bond motifs is 1. The molecule has 0 aliphatic carbocycles. The number of anilines is 1. The molecule has 0 atom stereocenters. The van der Waals surface area contributed by atoms with Crippen LogP contribution in [-0.4, -0.2) is 36.9 Å². The number of carbonyl (C=O) groups excluding carboxylic acids is 1. The molecule has 1 aliphatic heterocycles. The SMILES string of the molecule is N#Cc1ccccc1-c1cc2nc(CN3CCCC3=O)nn2c(N)n1. The normalized spacial score (nSPS) is 14.2. The second kappa shape index (κ2) is 5.87. The second-order valence-corrected chi connectivity index (χ2v) is 5.87. The number of nitrogens with zero attached hydrogens (tertiary/aromatic N) is 6. The molecule has 0 bridgehead atoms. The van der Waals surface area contributed by atoms with Gasteiger partial charge in [-0.1, -0.05) is 18.2 Å². The Hall–Kier alpha value is -3.47. The van der Waals surface area contributed by atoms with Crippen LogP contribution in [0.5, 0.6) is 0 Å². The standard InChI is InChI=1S/C17H15N7O/c18-9-11-4-1-2-5-12(11)13-8-15-21-14(22-24(15)17(19)20-13)10-23-7-3-6-16(23)25/h1-2,4-5,8H,3,6-7,10H2,(H2,19,20). The topological polar surface area (TPSA) is 113 Å². The number of aromatic nitrogens is 4. The van der Waals surface area contributed by atoms with Gasteiger partial charge in [0.2, 0.25) is 11.9 Å². The third-order valence-electron chi connectivity index (χ3n) is 4.22. The van der Waals surface area contributed by atoms with Crippen LogP contribution in [-0.2, 0) is 11.3 Å². The third-order valence-corrected chi connectivity index (χ3v) is 4.22. The quantitative estimate of drug-likeness (QED) is 0.774. The van der Waals surface area contributed by atoms with Crippen molar-refractivity contribution in [3.8, 4) is 17.3 Å². The smallest absolute Gasteiger partial charge is 0.223 e. The van der Waals surface area contributed by atoms with E-state index in [-0.39, 0.29) is 11.9 Å². The highest BCUT2D eigenvalue weighted by Crippen LogP contribution is 2.24. The van der Waals surface area contributed by atoms with Crippen LogP contribution in [0.1, 0.15) is 24.2 Å². The Balaban J connectivity index is 1.75. The van der Waals surface area contributed by atoms with E-state index < -0.39 is 0 Å². The van der Waals surface area contributed by atoms with E-state index in [1.54, 1.807) is 23.1 Å². The Kier molecular flexibility index (Phi) is 3.54. The summed E-state index contributed by atoms with van der Waals surface area (Å²) >= 11 is 0. The molecule has 1 amide bonds. The van der Waals surface area contributed by atoms with Crippen molar-refractivity contribution in [2.24, 2.45) is 0 Å². The Morgan fingerprint density at radius 2 is 2.12 bits per heavy atom. The number of amides is 1. The van der Waals surface area contributed by atoms with Crippen molar-refractivity contribution in [3.63, 3.8) is 0 Å². The van der Waals surface area contributed by atoms with Gasteiger partial charge in [-0.05, 0) is 12.5 Å². The van der Waals surface area contributed by atoms with E-state index in [0.717, 1.165) is 13.0 Å². The van der Waals surface area contributed by atoms with E-state index >= 15 is 0 Å². The summed E-state index contributed by atoms with van der Waals surface area (Å²) in [7, 11) is 0. The van der Waals surface area contributed by atoms with Crippen molar-refractivity contribution in [2.45, 2.75) is 19.4 Å². The molecule has 3 aromatic rings. The average Bonchev–Trinajstić information content (AvgIpc) is 3.21. The van der Waals surface area contributed by atoms with E-state index in [2.05, 4.69) is 21.1 Å². The largest absolute Gasteiger partial charge is 0.368 e. The van der Waals surface area contributed by atoms with Gasteiger partial charge < -0.3 is 10.6 Å². The van der Waals surface area contributed by atoms with Gasteiger partial charge in [-0.15, -0.1) is 5.10 Å². The van der Waals surface area contributed by atoms with Gasteiger partial charge >= 0.3 is 0 Å². The molecule has 2 aromatic heterocycles. The van der Waals surface area contributed by atoms with Gasteiger partial charge in [-0.2, -0.15) is 9.78 Å². The molecule has 0 unspecified atom stereocenters. The van der Waals surface area contributed by atoms with Crippen LogP contribution in [0.3, 0.4) is 0 Å². The summed E-state index contributed by atoms with van der Waals surface area (Å²) in [4.78, 5) is 22.3. The summed E-state index contributed by atoms with van der Waals surface area (Å²) in [6.07, 6.45) is 1.44. The molecule has 8 heteroatoms. The number of nitrogen functional groups attached to an aromatic ring is 1. The van der Waals surface area contributed by atoms with Crippen molar-refractivity contribution in [1.29, 1.82) is 5.26 Å². The first-order valence-corrected chi connectivity index (χ1v) is 7.95. The fourth-order valence-corrected chi connectivity index (χ4v) is 3.01. The minimum absolute atomic E-state index is 0.119. The second-order valence-electron chi connectivity index (χ2n) is 5.87. The van der Waals surface area contributed by atoms with E-state index in [1.807, 2.05) is 12.1 Å². The first-order valence-electron chi connectivity index (χ1n) is 7.95. The molecule has 1 aliphatic rings. The summed E-state index contributed by atoms with van der Waals surface area (Å²) in [5, 5.41) is 13.6. The Morgan fingerprint density at radius 3 is 2.88 bits per heavy atom. The molecule has 124 valence electrons. The molecule has 0 saturated carbocycles. The summed E-state index contributed by atoms with van der Waals surface area (Å²) in [6.45, 7) is 1.09. The highest BCUT2D eigenvalue weighted by molar-refractivity contribution is 5.78. The van der Waals surface area contributed by atoms with Gasteiger partial charge in [0.25, 0.3) is 0 Å². The number of likely N-dealkylation sites (tertiary alicyclic amines) is 1. The summed E-state index contributed by atoms with van der Waals surface area (Å²) in [6, 6.07) is 11.1. The molecule has 1 aromatic carbocycles. The Labute approximate surface area is 143 Å². The van der Waals surface area contributed by atoms with Crippen molar-refractivity contribution < 1.29 is 4.79 Å². The van der Waals surface area contributed by atoms with Crippen molar-refractivity contribution in [3.05, 3.63) is 41.7 Å². The molecular weight excluding hydrogens is 318 g/mol. The van der Waals surface area contributed by atoms with Crippen molar-refractivity contribution >= 4 is 17.5 Å². The summed E-state index contributed by atoms with van der Waals surface area (Å²) < 4.78 is 1.45. The fraction of sp³-hybridized carbons (Fsp3) is 0.235. The molecule has 1 saturated heterocycles. The van der Waals surface area contributed by atoms with Crippen LogP contribution >= 0.6 is 0 Å². The lowest BCUT2D eigenvalue weighted by molar-refractivity contribution is -0.128. The lowest BCUT2D eigenvalue weighted by Gasteiger charge is -2.11. The monoisotopic (exact) mass is 333 g/mol. The predicted molar refractivity (Wildman–Crippen MR) is 90.0 cm³/mol. The van der Waals surface area contributed by atoms with Crippen LogP contribution in [0, 0.1) is 11.3 Å². The number of hydrogen-bond donors (Lipinski definition) is 1. The van der Waals surface area contributed by atoms with Crippen molar-refractivity contribution in [2.75, 3.05) is 12.3 Å². The molecular formula is C17H15N7O. The van der Waals surface area contributed by atoms with Gasteiger partial charge in [-0.25, -0.2) is 9.97 Å². The summed E-state index contributed by atoms with van der Waals surface area (Å²) in [5.74, 6) is 0.829. The van der Waals surface area contributed by atoms with Gasteiger partial charge in [0, 0.05) is 24.6 Å². The fourth-order valence-electron chi connectivity index (χ4n) is 3.01. The molecule has 0 spiro atoms. The number of rotatable bonds is 3. The van der Waals surface area contributed by atoms with E-state index in [0.29, 0.717) is 41.3 Å². The van der Waals surface area contributed by atoms with Crippen LogP contribution in [0.15, 0.2) is 30.3 Å². The number of nitrogens with two attached hydrogens (primary N) is 1. The Morgan fingerprint density at radius 1 is 1.28 bits per heavy atom. The van der Waals surface area contributed by atoms with Gasteiger partial charge in [0.15, 0.2) is 11.5 Å². The van der Waals surface area contributed by atoms with Crippen LogP contribution in [0.25, 0.3) is 16.9 Å². The number of carbonyl (C=O) groups is 1. The minimum atomic E-state index is 0.119. The highest BCUT2D eigenvalue weighted by atomic mass is 16.2. The zero-order valence-electron chi connectivity index (χ0n) is 13.4. The number of nitriles is 1. The molecule has 4 rings (SSSR count). The van der Waals surface area contributed by atoms with Crippen LogP contribution in [0.2, 0.25) is 0 Å². The van der Waals surface area contributed by atoms with E-state index in [4.69, 9.17) is 5.73 Å². The highest BCUT2D eigenvalue weighted by Gasteiger charge is 2.22. The number of hydrogen-bond acceptors (Lipinski definition) is 6. The molecule has 1 fully saturated rings. The third kappa shape index (κ3) is 2.65. The maximum Gasteiger partial charge on any atom is 0.223 e. The molecule has 2 N–H and O–H groups in total. The molecule has 0 radical (unpaired) electrons. The van der Waals surface area contributed by atoms with Crippen LogP contribution in [0.4, 0.5) is 5.95 Å². The maximum absolute atomic E-state index is 11.8. The van der Waals surface area contributed by atoms with E-state index in [1.165, 1.54) is 4.52 Å². The zero-order valence-corrected chi connectivity index (χ0v) is 13.4. The molecule has 8 nitrogen and oxygen atoms in total. The number of benzene rings is 1. The van der Waals surface area contributed by atoms with E-state index in [9.17, 15) is 10.1 Å².